The van der Waals surface area contributed by atoms with E-state index in [9.17, 15) is 4.39 Å². The summed E-state index contributed by atoms with van der Waals surface area (Å²) in [7, 11) is 0. The molecule has 0 amide bonds. The molecule has 0 spiro atoms. The maximum atomic E-state index is 13.3. The Morgan fingerprint density at radius 1 is 1.26 bits per heavy atom. The van der Waals surface area contributed by atoms with Crippen LogP contribution < -0.4 is 5.32 Å². The summed E-state index contributed by atoms with van der Waals surface area (Å²) < 4.78 is 13.3. The zero-order valence-electron chi connectivity index (χ0n) is 11.2. The molecule has 2 rings (SSSR count). The molecule has 4 heteroatoms. The summed E-state index contributed by atoms with van der Waals surface area (Å²) in [5.74, 6) is -0.313. The lowest BCUT2D eigenvalue weighted by molar-refractivity contribution is 0.580. The summed E-state index contributed by atoms with van der Waals surface area (Å²) in [6.45, 7) is 4.92. The first kappa shape index (κ1) is 13.6. The van der Waals surface area contributed by atoms with Crippen molar-refractivity contribution in [2.45, 2.75) is 26.3 Å². The molecule has 2 aromatic rings. The van der Waals surface area contributed by atoms with Gasteiger partial charge in [-0.15, -0.1) is 0 Å². The number of hydrogen-bond acceptors (Lipinski definition) is 3. The van der Waals surface area contributed by atoms with Gasteiger partial charge in [0.15, 0.2) is 0 Å². The number of aromatic nitrogens is 2. The van der Waals surface area contributed by atoms with E-state index in [1.54, 1.807) is 12.4 Å². The van der Waals surface area contributed by atoms with Crippen molar-refractivity contribution in [3.63, 3.8) is 0 Å². The van der Waals surface area contributed by atoms with Crippen molar-refractivity contribution in [3.05, 3.63) is 59.4 Å². The van der Waals surface area contributed by atoms with Crippen LogP contribution in [0.4, 0.5) is 4.39 Å². The van der Waals surface area contributed by atoms with E-state index in [1.165, 1.54) is 12.3 Å². The van der Waals surface area contributed by atoms with Crippen LogP contribution in [0.1, 0.15) is 36.2 Å². The minimum atomic E-state index is -0.313. The number of halogens is 1. The van der Waals surface area contributed by atoms with Crippen molar-refractivity contribution < 1.29 is 4.39 Å². The first-order valence-corrected chi connectivity index (χ1v) is 6.47. The van der Waals surface area contributed by atoms with Crippen LogP contribution >= 0.6 is 0 Å². The van der Waals surface area contributed by atoms with Gasteiger partial charge >= 0.3 is 0 Å². The Balaban J connectivity index is 2.35. The third-order valence-corrected chi connectivity index (χ3v) is 2.91. The Kier molecular flexibility index (Phi) is 4.58. The molecule has 1 N–H and O–H groups in total. The molecule has 1 atom stereocenters. The van der Waals surface area contributed by atoms with Gasteiger partial charge in [0.05, 0.1) is 12.2 Å². The van der Waals surface area contributed by atoms with E-state index in [0.29, 0.717) is 0 Å². The Morgan fingerprint density at radius 2 is 2.11 bits per heavy atom. The fourth-order valence-corrected chi connectivity index (χ4v) is 2.05. The lowest BCUT2D eigenvalue weighted by Gasteiger charge is -2.19. The fraction of sp³-hybridized carbons (Fsp3) is 0.333. The average molecular weight is 259 g/mol. The Morgan fingerprint density at radius 3 is 2.79 bits per heavy atom. The first-order chi connectivity index (χ1) is 9.20. The second-order valence-electron chi connectivity index (χ2n) is 4.55. The van der Waals surface area contributed by atoms with Gasteiger partial charge in [0, 0.05) is 18.1 Å². The van der Waals surface area contributed by atoms with Crippen LogP contribution in [0, 0.1) is 12.7 Å². The van der Waals surface area contributed by atoms with Crippen molar-refractivity contribution in [1.29, 1.82) is 0 Å². The standard InChI is InChI=1S/C15H18FN3/c1-3-5-19-15(12-4-6-18-11(2)7-12)13-8-14(16)10-17-9-13/h4,6-10,15,19H,3,5H2,1-2H3. The highest BCUT2D eigenvalue weighted by Crippen LogP contribution is 2.22. The quantitative estimate of drug-likeness (QED) is 0.897. The smallest absolute Gasteiger partial charge is 0.141 e. The molecule has 0 aliphatic carbocycles. The molecule has 0 saturated carbocycles. The highest BCUT2D eigenvalue weighted by Gasteiger charge is 2.14. The summed E-state index contributed by atoms with van der Waals surface area (Å²) in [6, 6.07) is 5.43. The highest BCUT2D eigenvalue weighted by molar-refractivity contribution is 5.30. The molecule has 0 fully saturated rings. The SMILES string of the molecule is CCCNC(c1cncc(F)c1)c1ccnc(C)c1. The molecule has 0 radical (unpaired) electrons. The van der Waals surface area contributed by atoms with Gasteiger partial charge in [-0.05, 0) is 49.2 Å². The third kappa shape index (κ3) is 3.58. The topological polar surface area (TPSA) is 37.8 Å². The van der Waals surface area contributed by atoms with Gasteiger partial charge in [-0.2, -0.15) is 0 Å². The molecular formula is C15H18FN3. The maximum absolute atomic E-state index is 13.3. The summed E-state index contributed by atoms with van der Waals surface area (Å²) in [4.78, 5) is 8.13. The van der Waals surface area contributed by atoms with Gasteiger partial charge in [-0.1, -0.05) is 6.92 Å². The zero-order chi connectivity index (χ0) is 13.7. The number of rotatable bonds is 5. The molecule has 2 heterocycles. The largest absolute Gasteiger partial charge is 0.306 e. The Hall–Kier alpha value is -1.81. The lowest BCUT2D eigenvalue weighted by atomic mass is 10.0. The molecule has 0 aliphatic rings. The van der Waals surface area contributed by atoms with Gasteiger partial charge in [0.1, 0.15) is 5.82 Å². The number of pyridine rings is 2. The highest BCUT2D eigenvalue weighted by atomic mass is 19.1. The van der Waals surface area contributed by atoms with Crippen molar-refractivity contribution in [2.24, 2.45) is 0 Å². The van der Waals surface area contributed by atoms with Crippen LogP contribution in [0.3, 0.4) is 0 Å². The monoisotopic (exact) mass is 259 g/mol. The van der Waals surface area contributed by atoms with E-state index in [4.69, 9.17) is 0 Å². The van der Waals surface area contributed by atoms with Crippen molar-refractivity contribution in [1.82, 2.24) is 15.3 Å². The summed E-state index contributed by atoms with van der Waals surface area (Å²) in [6.07, 6.45) is 5.71. The first-order valence-electron chi connectivity index (χ1n) is 6.47. The molecule has 19 heavy (non-hydrogen) atoms. The van der Waals surface area contributed by atoms with Crippen LogP contribution in [-0.2, 0) is 0 Å². The molecule has 100 valence electrons. The predicted octanol–water partition coefficient (Wildman–Crippen LogP) is 3.01. The molecule has 1 unspecified atom stereocenters. The normalized spacial score (nSPS) is 12.4. The van der Waals surface area contributed by atoms with Gasteiger partial charge in [-0.3, -0.25) is 9.97 Å². The van der Waals surface area contributed by atoms with Crippen LogP contribution in [0.25, 0.3) is 0 Å². The molecular weight excluding hydrogens is 241 g/mol. The Bertz CT molecular complexity index is 497. The maximum Gasteiger partial charge on any atom is 0.141 e. The summed E-state index contributed by atoms with van der Waals surface area (Å²) >= 11 is 0. The average Bonchev–Trinajstić information content (AvgIpc) is 2.39. The number of aryl methyl sites for hydroxylation is 1. The second kappa shape index (κ2) is 6.38. The van der Waals surface area contributed by atoms with E-state index in [1.807, 2.05) is 19.1 Å². The zero-order valence-corrected chi connectivity index (χ0v) is 11.2. The van der Waals surface area contributed by atoms with Crippen LogP contribution in [0.5, 0.6) is 0 Å². The van der Waals surface area contributed by atoms with Gasteiger partial charge < -0.3 is 5.32 Å². The van der Waals surface area contributed by atoms with Crippen molar-refractivity contribution >= 4 is 0 Å². The molecule has 2 aromatic heterocycles. The summed E-state index contributed by atoms with van der Waals surface area (Å²) in [5, 5.41) is 3.42. The van der Waals surface area contributed by atoms with E-state index < -0.39 is 0 Å². The van der Waals surface area contributed by atoms with Gasteiger partial charge in [0.25, 0.3) is 0 Å². The van der Waals surface area contributed by atoms with E-state index in [-0.39, 0.29) is 11.9 Å². The molecule has 0 aliphatic heterocycles. The molecule has 0 saturated heterocycles. The number of nitrogens with zero attached hydrogens (tertiary/aromatic N) is 2. The van der Waals surface area contributed by atoms with Crippen LogP contribution in [0.15, 0.2) is 36.8 Å². The summed E-state index contributed by atoms with van der Waals surface area (Å²) in [5.41, 5.74) is 2.86. The lowest BCUT2D eigenvalue weighted by Crippen LogP contribution is -2.23. The van der Waals surface area contributed by atoms with Gasteiger partial charge in [0.2, 0.25) is 0 Å². The molecule has 0 bridgehead atoms. The molecule has 0 aromatic carbocycles. The van der Waals surface area contributed by atoms with Crippen LogP contribution in [0.2, 0.25) is 0 Å². The van der Waals surface area contributed by atoms with Crippen LogP contribution in [-0.4, -0.2) is 16.5 Å². The van der Waals surface area contributed by atoms with Crippen molar-refractivity contribution in [3.8, 4) is 0 Å². The van der Waals surface area contributed by atoms with E-state index in [2.05, 4.69) is 22.2 Å². The van der Waals surface area contributed by atoms with E-state index >= 15 is 0 Å². The minimum absolute atomic E-state index is 0.0511. The number of hydrogen-bond donors (Lipinski definition) is 1. The number of nitrogens with one attached hydrogen (secondary N) is 1. The third-order valence-electron chi connectivity index (χ3n) is 2.91. The molecule has 3 nitrogen and oxygen atoms in total. The van der Waals surface area contributed by atoms with Crippen molar-refractivity contribution in [2.75, 3.05) is 6.54 Å². The van der Waals surface area contributed by atoms with E-state index in [0.717, 1.165) is 29.8 Å². The minimum Gasteiger partial charge on any atom is -0.306 e. The predicted molar refractivity (Wildman–Crippen MR) is 73.3 cm³/mol. The van der Waals surface area contributed by atoms with Gasteiger partial charge in [-0.25, -0.2) is 4.39 Å². The second-order valence-corrected chi connectivity index (χ2v) is 4.55. The Labute approximate surface area is 112 Å². The fourth-order valence-electron chi connectivity index (χ4n) is 2.05.